The highest BCUT2D eigenvalue weighted by atomic mass is 16.6. The van der Waals surface area contributed by atoms with Crippen LogP contribution in [-0.2, 0) is 16.0 Å². The highest BCUT2D eigenvalue weighted by Gasteiger charge is 2.30. The standard InChI is InChI=1S/C19H19NO2/c1-3-7-14(8-4-2)18-20-17(19(21)22-18)16-12-11-13-9-5-6-10-15(13)16/h3,5-10H,4,11-12H2,1-2H3/b7-3-,14-8+,17-16-. The van der Waals surface area contributed by atoms with Crippen molar-refractivity contribution in [1.82, 2.24) is 0 Å². The van der Waals surface area contributed by atoms with Crippen LogP contribution >= 0.6 is 0 Å². The molecule has 2 aliphatic rings. The summed E-state index contributed by atoms with van der Waals surface area (Å²) in [5.74, 6) is 0.0741. The Bertz CT molecular complexity index is 736. The minimum absolute atomic E-state index is 0.340. The SMILES string of the molecule is C/C=C\C(=C/CC)C1=N/C(=C2/CCc3ccccc32)C(=O)O1. The molecule has 1 aliphatic carbocycles. The second-order valence-corrected chi connectivity index (χ2v) is 5.36. The van der Waals surface area contributed by atoms with Crippen LogP contribution in [-0.4, -0.2) is 11.9 Å². The molecule has 1 aromatic carbocycles. The van der Waals surface area contributed by atoms with Crippen molar-refractivity contribution in [3.8, 4) is 0 Å². The number of cyclic esters (lactones) is 1. The van der Waals surface area contributed by atoms with E-state index in [1.807, 2.05) is 44.2 Å². The lowest BCUT2D eigenvalue weighted by molar-refractivity contribution is -0.129. The Morgan fingerprint density at radius 2 is 2.14 bits per heavy atom. The molecule has 0 aromatic heterocycles. The molecule has 22 heavy (non-hydrogen) atoms. The van der Waals surface area contributed by atoms with Gasteiger partial charge < -0.3 is 4.74 Å². The van der Waals surface area contributed by atoms with E-state index >= 15 is 0 Å². The number of nitrogens with zero attached hydrogens (tertiary/aromatic N) is 1. The predicted octanol–water partition coefficient (Wildman–Crippen LogP) is 4.21. The van der Waals surface area contributed by atoms with E-state index in [2.05, 4.69) is 17.1 Å². The molecule has 1 heterocycles. The lowest BCUT2D eigenvalue weighted by atomic mass is 10.1. The summed E-state index contributed by atoms with van der Waals surface area (Å²) in [6.07, 6.45) is 8.53. The Hall–Kier alpha value is -2.42. The van der Waals surface area contributed by atoms with Gasteiger partial charge in [0, 0.05) is 5.57 Å². The Labute approximate surface area is 130 Å². The summed E-state index contributed by atoms with van der Waals surface area (Å²) >= 11 is 0. The van der Waals surface area contributed by atoms with Gasteiger partial charge in [0.05, 0.1) is 0 Å². The molecule has 0 N–H and O–H groups in total. The Morgan fingerprint density at radius 1 is 1.32 bits per heavy atom. The van der Waals surface area contributed by atoms with E-state index in [1.165, 1.54) is 5.56 Å². The van der Waals surface area contributed by atoms with E-state index in [0.29, 0.717) is 11.6 Å². The fourth-order valence-corrected chi connectivity index (χ4v) is 2.92. The number of ether oxygens (including phenoxy) is 1. The third-order valence-corrected chi connectivity index (χ3v) is 3.89. The molecule has 3 heteroatoms. The number of aliphatic imine (C=N–C) groups is 1. The Morgan fingerprint density at radius 3 is 2.91 bits per heavy atom. The second kappa shape index (κ2) is 6.14. The molecule has 0 radical (unpaired) electrons. The lowest BCUT2D eigenvalue weighted by Gasteiger charge is -2.01. The summed E-state index contributed by atoms with van der Waals surface area (Å²) in [7, 11) is 0. The molecule has 0 spiro atoms. The van der Waals surface area contributed by atoms with Gasteiger partial charge in [-0.15, -0.1) is 0 Å². The molecule has 0 amide bonds. The third-order valence-electron chi connectivity index (χ3n) is 3.89. The van der Waals surface area contributed by atoms with Crippen molar-refractivity contribution in [2.45, 2.75) is 33.1 Å². The first kappa shape index (κ1) is 14.5. The van der Waals surface area contributed by atoms with Gasteiger partial charge in [-0.25, -0.2) is 9.79 Å². The van der Waals surface area contributed by atoms with Gasteiger partial charge in [-0.3, -0.25) is 0 Å². The zero-order valence-corrected chi connectivity index (χ0v) is 12.9. The number of esters is 1. The van der Waals surface area contributed by atoms with Gasteiger partial charge in [0.2, 0.25) is 5.90 Å². The highest BCUT2D eigenvalue weighted by Crippen LogP contribution is 2.36. The Kier molecular flexibility index (Phi) is 4.05. The molecule has 0 bridgehead atoms. The van der Waals surface area contributed by atoms with Crippen LogP contribution in [0.3, 0.4) is 0 Å². The minimum atomic E-state index is -0.340. The predicted molar refractivity (Wildman–Crippen MR) is 88.4 cm³/mol. The maximum Gasteiger partial charge on any atom is 0.364 e. The lowest BCUT2D eigenvalue weighted by Crippen LogP contribution is -2.06. The van der Waals surface area contributed by atoms with Crippen LogP contribution in [0, 0.1) is 0 Å². The summed E-state index contributed by atoms with van der Waals surface area (Å²) in [6.45, 7) is 3.99. The molecule has 0 fully saturated rings. The summed E-state index contributed by atoms with van der Waals surface area (Å²) in [5, 5.41) is 0. The number of fused-ring (bicyclic) bond motifs is 1. The average Bonchev–Trinajstić information content (AvgIpc) is 3.10. The van der Waals surface area contributed by atoms with Crippen molar-refractivity contribution in [2.24, 2.45) is 4.99 Å². The van der Waals surface area contributed by atoms with Crippen LogP contribution in [0.4, 0.5) is 0 Å². The average molecular weight is 293 g/mol. The third kappa shape index (κ3) is 2.54. The molecular weight excluding hydrogens is 274 g/mol. The number of carbonyl (C=O) groups is 1. The molecule has 0 unspecified atom stereocenters. The van der Waals surface area contributed by atoms with Gasteiger partial charge in [0.1, 0.15) is 0 Å². The van der Waals surface area contributed by atoms with Crippen LogP contribution in [0.5, 0.6) is 0 Å². The van der Waals surface area contributed by atoms with Crippen LogP contribution in [0.1, 0.15) is 37.8 Å². The molecule has 3 rings (SSSR count). The smallest absolute Gasteiger partial charge is 0.364 e. The van der Waals surface area contributed by atoms with Gasteiger partial charge in [-0.05, 0) is 42.9 Å². The van der Waals surface area contributed by atoms with Gasteiger partial charge in [0.15, 0.2) is 5.70 Å². The van der Waals surface area contributed by atoms with Gasteiger partial charge in [0.25, 0.3) is 0 Å². The maximum absolute atomic E-state index is 12.2. The van der Waals surface area contributed by atoms with Crippen molar-refractivity contribution in [2.75, 3.05) is 0 Å². The number of hydrogen-bond acceptors (Lipinski definition) is 3. The van der Waals surface area contributed by atoms with E-state index < -0.39 is 0 Å². The highest BCUT2D eigenvalue weighted by molar-refractivity contribution is 6.15. The fourth-order valence-electron chi connectivity index (χ4n) is 2.92. The van der Waals surface area contributed by atoms with Crippen LogP contribution < -0.4 is 0 Å². The molecule has 0 saturated heterocycles. The molecule has 3 nitrogen and oxygen atoms in total. The molecule has 0 atom stereocenters. The summed E-state index contributed by atoms with van der Waals surface area (Å²) < 4.78 is 5.40. The Balaban J connectivity index is 2.04. The van der Waals surface area contributed by atoms with E-state index in [1.54, 1.807) is 0 Å². The summed E-state index contributed by atoms with van der Waals surface area (Å²) in [6, 6.07) is 8.19. The largest absolute Gasteiger partial charge is 0.402 e. The topological polar surface area (TPSA) is 38.7 Å². The molecule has 1 aromatic rings. The van der Waals surface area contributed by atoms with Crippen LogP contribution in [0.25, 0.3) is 5.57 Å². The zero-order chi connectivity index (χ0) is 15.5. The number of benzene rings is 1. The van der Waals surface area contributed by atoms with Gasteiger partial charge in [-0.1, -0.05) is 49.4 Å². The number of aryl methyl sites for hydroxylation is 1. The first-order valence-electron chi connectivity index (χ1n) is 7.70. The molecule has 1 aliphatic heterocycles. The normalized spacial score (nSPS) is 21.3. The van der Waals surface area contributed by atoms with Crippen molar-refractivity contribution < 1.29 is 9.53 Å². The molecule has 112 valence electrons. The summed E-state index contributed by atoms with van der Waals surface area (Å²) in [4.78, 5) is 16.7. The van der Waals surface area contributed by atoms with Crippen LogP contribution in [0.2, 0.25) is 0 Å². The van der Waals surface area contributed by atoms with Crippen LogP contribution in [0.15, 0.2) is 58.8 Å². The molecular formula is C19H19NO2. The maximum atomic E-state index is 12.2. The van der Waals surface area contributed by atoms with E-state index in [-0.39, 0.29) is 5.97 Å². The van der Waals surface area contributed by atoms with E-state index in [0.717, 1.165) is 36.0 Å². The van der Waals surface area contributed by atoms with Crippen molar-refractivity contribution in [3.05, 3.63) is 64.9 Å². The van der Waals surface area contributed by atoms with Crippen molar-refractivity contribution in [1.29, 1.82) is 0 Å². The monoisotopic (exact) mass is 293 g/mol. The number of hydrogen-bond donors (Lipinski definition) is 0. The zero-order valence-electron chi connectivity index (χ0n) is 12.9. The fraction of sp³-hybridized carbons (Fsp3) is 0.263. The quantitative estimate of drug-likeness (QED) is 0.475. The van der Waals surface area contributed by atoms with Crippen molar-refractivity contribution in [3.63, 3.8) is 0 Å². The minimum Gasteiger partial charge on any atom is -0.402 e. The first-order chi connectivity index (χ1) is 10.7. The number of carbonyl (C=O) groups excluding carboxylic acids is 1. The number of rotatable bonds is 3. The van der Waals surface area contributed by atoms with Crippen molar-refractivity contribution >= 4 is 17.4 Å². The van der Waals surface area contributed by atoms with E-state index in [4.69, 9.17) is 4.74 Å². The number of allylic oxidation sites excluding steroid dienone is 3. The second-order valence-electron chi connectivity index (χ2n) is 5.36. The van der Waals surface area contributed by atoms with Gasteiger partial charge in [-0.2, -0.15) is 0 Å². The van der Waals surface area contributed by atoms with E-state index in [9.17, 15) is 4.79 Å². The molecule has 0 saturated carbocycles. The van der Waals surface area contributed by atoms with Gasteiger partial charge >= 0.3 is 5.97 Å². The summed E-state index contributed by atoms with van der Waals surface area (Å²) in [5.41, 5.74) is 4.74. The first-order valence-corrected chi connectivity index (χ1v) is 7.70.